The first-order valence-electron chi connectivity index (χ1n) is 11.1. The summed E-state index contributed by atoms with van der Waals surface area (Å²) in [6.07, 6.45) is 10.8. The van der Waals surface area contributed by atoms with E-state index in [1.54, 1.807) is 6.08 Å². The third-order valence-electron chi connectivity index (χ3n) is 9.96. The maximum Gasteiger partial charge on any atom is 0.331 e. The Balaban J connectivity index is 1.47. The molecule has 5 aliphatic rings. The number of hydrogen-bond acceptors (Lipinski definition) is 4. The van der Waals surface area contributed by atoms with Crippen molar-refractivity contribution in [1.29, 1.82) is 0 Å². The van der Waals surface area contributed by atoms with Crippen LogP contribution < -0.4 is 0 Å². The molecule has 1 aliphatic heterocycles. The Hall–Kier alpha value is -0.870. The van der Waals surface area contributed by atoms with E-state index in [4.69, 9.17) is 4.74 Å². The quantitative estimate of drug-likeness (QED) is 0.688. The van der Waals surface area contributed by atoms with E-state index in [1.165, 1.54) is 6.42 Å². The number of carbonyl (C=O) groups is 1. The highest BCUT2D eigenvalue weighted by atomic mass is 16.5. The highest BCUT2D eigenvalue weighted by Gasteiger charge is 2.67. The van der Waals surface area contributed by atoms with Crippen molar-refractivity contribution in [2.45, 2.75) is 83.3 Å². The molecule has 0 saturated heterocycles. The van der Waals surface area contributed by atoms with Crippen molar-refractivity contribution in [1.82, 2.24) is 0 Å². The number of aliphatic hydroxyl groups excluding tert-OH is 1. The normalized spacial score (nSPS) is 54.6. The first kappa shape index (κ1) is 18.2. The van der Waals surface area contributed by atoms with Gasteiger partial charge in [0.25, 0.3) is 0 Å². The minimum atomic E-state index is -0.628. The van der Waals surface area contributed by atoms with Gasteiger partial charge in [-0.3, -0.25) is 0 Å². The van der Waals surface area contributed by atoms with Crippen LogP contribution >= 0.6 is 0 Å². The van der Waals surface area contributed by atoms with E-state index in [2.05, 4.69) is 13.8 Å². The molecule has 4 fully saturated rings. The molecule has 4 heteroatoms. The fourth-order valence-electron chi connectivity index (χ4n) is 8.39. The molecule has 0 aromatic rings. The Bertz CT molecular complexity index is 686. The van der Waals surface area contributed by atoms with Crippen molar-refractivity contribution in [2.75, 3.05) is 6.61 Å². The number of esters is 1. The molecular weight excluding hydrogens is 340 g/mol. The van der Waals surface area contributed by atoms with Gasteiger partial charge in [-0.1, -0.05) is 13.8 Å². The first-order valence-corrected chi connectivity index (χ1v) is 11.1. The van der Waals surface area contributed by atoms with Crippen molar-refractivity contribution in [3.8, 4) is 0 Å². The molecule has 150 valence electrons. The molecule has 0 radical (unpaired) electrons. The zero-order valence-corrected chi connectivity index (χ0v) is 16.7. The van der Waals surface area contributed by atoms with Gasteiger partial charge < -0.3 is 14.9 Å². The average Bonchev–Trinajstić information content (AvgIpc) is 3.16. The molecule has 0 aromatic heterocycles. The number of hydrogen-bond donors (Lipinski definition) is 2. The molecule has 0 bridgehead atoms. The lowest BCUT2D eigenvalue weighted by Crippen LogP contribution is -2.62. The van der Waals surface area contributed by atoms with Crippen LogP contribution in [0.2, 0.25) is 0 Å². The van der Waals surface area contributed by atoms with Gasteiger partial charge in [0.05, 0.1) is 11.7 Å². The summed E-state index contributed by atoms with van der Waals surface area (Å²) in [5, 5.41) is 22.3. The monoisotopic (exact) mass is 374 g/mol. The number of fused-ring (bicyclic) bond motifs is 5. The van der Waals surface area contributed by atoms with Gasteiger partial charge in [-0.05, 0) is 92.4 Å². The number of aliphatic hydroxyl groups is 2. The third kappa shape index (κ3) is 2.32. The molecular formula is C23H34O4. The molecule has 5 rings (SSSR count). The summed E-state index contributed by atoms with van der Waals surface area (Å²) in [6.45, 7) is 5.15. The zero-order chi connectivity index (χ0) is 19.0. The summed E-state index contributed by atoms with van der Waals surface area (Å²) >= 11 is 0. The van der Waals surface area contributed by atoms with Crippen LogP contribution in [-0.2, 0) is 9.53 Å². The minimum Gasteiger partial charge on any atom is -0.458 e. The predicted octanol–water partition coefficient (Wildman–Crippen LogP) is 3.60. The second-order valence-corrected chi connectivity index (χ2v) is 10.7. The Labute approximate surface area is 162 Å². The van der Waals surface area contributed by atoms with Gasteiger partial charge in [0, 0.05) is 11.5 Å². The van der Waals surface area contributed by atoms with Gasteiger partial charge in [0.15, 0.2) is 0 Å². The van der Waals surface area contributed by atoms with Crippen LogP contribution in [0.5, 0.6) is 0 Å². The summed E-state index contributed by atoms with van der Waals surface area (Å²) in [7, 11) is 0. The highest BCUT2D eigenvalue weighted by Crippen LogP contribution is 2.69. The minimum absolute atomic E-state index is 0.126. The first-order chi connectivity index (χ1) is 12.8. The Morgan fingerprint density at radius 2 is 1.85 bits per heavy atom. The van der Waals surface area contributed by atoms with Crippen LogP contribution in [0.4, 0.5) is 0 Å². The van der Waals surface area contributed by atoms with Crippen LogP contribution in [0.1, 0.15) is 71.6 Å². The lowest BCUT2D eigenvalue weighted by Gasteiger charge is -2.63. The predicted molar refractivity (Wildman–Crippen MR) is 102 cm³/mol. The lowest BCUT2D eigenvalue weighted by atomic mass is 9.43. The third-order valence-corrected chi connectivity index (χ3v) is 9.96. The average molecular weight is 375 g/mol. The number of ether oxygens (including phenoxy) is 1. The molecule has 8 atom stereocenters. The maximum absolute atomic E-state index is 12.1. The van der Waals surface area contributed by atoms with E-state index in [0.717, 1.165) is 56.9 Å². The smallest absolute Gasteiger partial charge is 0.331 e. The van der Waals surface area contributed by atoms with Crippen molar-refractivity contribution in [3.05, 3.63) is 11.6 Å². The highest BCUT2D eigenvalue weighted by molar-refractivity contribution is 5.85. The molecule has 0 aromatic carbocycles. The van der Waals surface area contributed by atoms with Crippen molar-refractivity contribution in [3.63, 3.8) is 0 Å². The Kier molecular flexibility index (Phi) is 3.92. The topological polar surface area (TPSA) is 66.8 Å². The largest absolute Gasteiger partial charge is 0.458 e. The molecule has 2 N–H and O–H groups in total. The molecule has 4 aliphatic carbocycles. The molecule has 4 saturated carbocycles. The summed E-state index contributed by atoms with van der Waals surface area (Å²) in [5.41, 5.74) is 0.600. The number of cyclic esters (lactones) is 1. The molecule has 0 spiro atoms. The summed E-state index contributed by atoms with van der Waals surface area (Å²) in [4.78, 5) is 11.6. The second kappa shape index (κ2) is 5.82. The maximum atomic E-state index is 12.1. The fourth-order valence-corrected chi connectivity index (χ4v) is 8.39. The second-order valence-electron chi connectivity index (χ2n) is 10.7. The van der Waals surface area contributed by atoms with Crippen LogP contribution in [0.15, 0.2) is 11.6 Å². The number of carbonyl (C=O) groups excluding carboxylic acids is 1. The molecule has 1 heterocycles. The molecule has 27 heavy (non-hydrogen) atoms. The number of rotatable bonds is 1. The molecule has 0 amide bonds. The lowest BCUT2D eigenvalue weighted by molar-refractivity contribution is -0.208. The summed E-state index contributed by atoms with van der Waals surface area (Å²) in [5.74, 6) is 1.59. The van der Waals surface area contributed by atoms with E-state index < -0.39 is 5.60 Å². The SMILES string of the molecule is C[C@]12CC[C@@H](O)C[C@H]1CC[C@@H]1[C@@H]2CC[C@]2(C)[C@@H](C3=CC(=O)OC3)CC[C@@]12O. The van der Waals surface area contributed by atoms with Crippen LogP contribution in [-0.4, -0.2) is 34.5 Å². The van der Waals surface area contributed by atoms with Gasteiger partial charge in [-0.25, -0.2) is 4.79 Å². The van der Waals surface area contributed by atoms with Crippen molar-refractivity contribution >= 4 is 5.97 Å². The molecule has 4 nitrogen and oxygen atoms in total. The Morgan fingerprint density at radius 3 is 2.59 bits per heavy atom. The molecule has 0 unspecified atom stereocenters. The van der Waals surface area contributed by atoms with Gasteiger partial charge >= 0.3 is 5.97 Å². The van der Waals surface area contributed by atoms with E-state index in [0.29, 0.717) is 24.4 Å². The van der Waals surface area contributed by atoms with Crippen molar-refractivity contribution in [2.24, 2.45) is 34.5 Å². The van der Waals surface area contributed by atoms with Crippen LogP contribution in [0.3, 0.4) is 0 Å². The van der Waals surface area contributed by atoms with E-state index in [-0.39, 0.29) is 28.8 Å². The van der Waals surface area contributed by atoms with Crippen molar-refractivity contribution < 1.29 is 19.7 Å². The van der Waals surface area contributed by atoms with Gasteiger partial charge in [-0.15, -0.1) is 0 Å². The van der Waals surface area contributed by atoms with Gasteiger partial charge in [0.2, 0.25) is 0 Å². The van der Waals surface area contributed by atoms with Gasteiger partial charge in [-0.2, -0.15) is 0 Å². The van der Waals surface area contributed by atoms with Crippen LogP contribution in [0, 0.1) is 34.5 Å². The Morgan fingerprint density at radius 1 is 1.04 bits per heavy atom. The van der Waals surface area contributed by atoms with E-state index >= 15 is 0 Å². The summed E-state index contributed by atoms with van der Waals surface area (Å²) < 4.78 is 5.20. The standard InChI is InChI=1S/C23H34O4/c1-21-8-5-16(24)12-15(21)3-4-19-18(21)6-9-22(2)17(7-10-23(19,22)26)14-11-20(25)27-13-14/h11,15-19,24,26H,3-10,12-13H2,1-2H3/t15-,16-,17-,18+,19-,21+,22-,23-/m1/s1. The van der Waals surface area contributed by atoms with E-state index in [1.807, 2.05) is 0 Å². The fraction of sp³-hybridized carbons (Fsp3) is 0.870. The summed E-state index contributed by atoms with van der Waals surface area (Å²) in [6, 6.07) is 0. The van der Waals surface area contributed by atoms with E-state index in [9.17, 15) is 15.0 Å². The van der Waals surface area contributed by atoms with Gasteiger partial charge in [0.1, 0.15) is 6.61 Å². The zero-order valence-electron chi connectivity index (χ0n) is 16.7. The van der Waals surface area contributed by atoms with Crippen LogP contribution in [0.25, 0.3) is 0 Å².